The molecule has 112 valence electrons. The minimum atomic E-state index is 0.580. The van der Waals surface area contributed by atoms with Crippen LogP contribution in [0.25, 0.3) is 10.8 Å². The molecule has 2 aliphatic heterocycles. The molecule has 0 saturated carbocycles. The van der Waals surface area contributed by atoms with E-state index in [-0.39, 0.29) is 0 Å². The summed E-state index contributed by atoms with van der Waals surface area (Å²) in [6.07, 6.45) is 0. The van der Waals surface area contributed by atoms with E-state index in [2.05, 4.69) is 43.3 Å². The van der Waals surface area contributed by atoms with Gasteiger partial charge in [0.05, 0.1) is 15.2 Å². The first kappa shape index (κ1) is 13.9. The molecular formula is C14H17BrN4OS. The van der Waals surface area contributed by atoms with Crippen LogP contribution in [-0.4, -0.2) is 40.8 Å². The predicted octanol–water partition coefficient (Wildman–Crippen LogP) is 2.60. The van der Waals surface area contributed by atoms with E-state index in [4.69, 9.17) is 4.42 Å². The van der Waals surface area contributed by atoms with Gasteiger partial charge in [0.2, 0.25) is 5.89 Å². The fourth-order valence-electron chi connectivity index (χ4n) is 3.48. The largest absolute Gasteiger partial charge is 0.419 e. The summed E-state index contributed by atoms with van der Waals surface area (Å²) in [6.45, 7) is 6.48. The van der Waals surface area contributed by atoms with E-state index in [0.717, 1.165) is 46.7 Å². The van der Waals surface area contributed by atoms with Gasteiger partial charge in [0.15, 0.2) is 0 Å². The summed E-state index contributed by atoms with van der Waals surface area (Å²) < 4.78 is 6.90. The number of aromatic nitrogens is 2. The second-order valence-electron chi connectivity index (χ2n) is 5.86. The molecule has 21 heavy (non-hydrogen) atoms. The zero-order valence-electron chi connectivity index (χ0n) is 11.8. The maximum absolute atomic E-state index is 5.83. The van der Waals surface area contributed by atoms with Gasteiger partial charge < -0.3 is 9.73 Å². The van der Waals surface area contributed by atoms with Crippen molar-refractivity contribution in [2.45, 2.75) is 19.5 Å². The molecule has 0 aromatic carbocycles. The molecule has 0 spiro atoms. The molecule has 7 heteroatoms. The van der Waals surface area contributed by atoms with Gasteiger partial charge in [0.1, 0.15) is 0 Å². The minimum absolute atomic E-state index is 0.580. The van der Waals surface area contributed by atoms with E-state index < -0.39 is 0 Å². The molecule has 0 bridgehead atoms. The molecule has 3 unspecified atom stereocenters. The van der Waals surface area contributed by atoms with E-state index in [1.54, 1.807) is 11.3 Å². The zero-order valence-corrected chi connectivity index (χ0v) is 14.2. The number of halogens is 1. The Kier molecular flexibility index (Phi) is 3.61. The number of thiophene rings is 1. The van der Waals surface area contributed by atoms with Crippen molar-refractivity contribution in [1.29, 1.82) is 0 Å². The monoisotopic (exact) mass is 368 g/mol. The van der Waals surface area contributed by atoms with Gasteiger partial charge >= 0.3 is 0 Å². The van der Waals surface area contributed by atoms with Crippen molar-refractivity contribution in [1.82, 2.24) is 20.4 Å². The van der Waals surface area contributed by atoms with Crippen LogP contribution in [-0.2, 0) is 6.54 Å². The highest BCUT2D eigenvalue weighted by atomic mass is 79.9. The molecular weight excluding hydrogens is 352 g/mol. The topological polar surface area (TPSA) is 54.2 Å². The fraction of sp³-hybridized carbons (Fsp3) is 0.571. The van der Waals surface area contributed by atoms with E-state index in [9.17, 15) is 0 Å². The van der Waals surface area contributed by atoms with Gasteiger partial charge in [-0.05, 0) is 59.9 Å². The summed E-state index contributed by atoms with van der Waals surface area (Å²) in [5.41, 5.74) is 0. The lowest BCUT2D eigenvalue weighted by molar-refractivity contribution is 0.210. The van der Waals surface area contributed by atoms with Gasteiger partial charge in [0, 0.05) is 12.6 Å². The average molecular weight is 369 g/mol. The molecule has 0 aliphatic carbocycles. The Morgan fingerprint density at radius 2 is 2.33 bits per heavy atom. The van der Waals surface area contributed by atoms with Crippen molar-refractivity contribution < 1.29 is 4.42 Å². The van der Waals surface area contributed by atoms with Crippen molar-refractivity contribution >= 4 is 27.3 Å². The lowest BCUT2D eigenvalue weighted by atomic mass is 9.95. The maximum atomic E-state index is 5.83. The molecule has 5 nitrogen and oxygen atoms in total. The number of rotatable bonds is 3. The summed E-state index contributed by atoms with van der Waals surface area (Å²) in [4.78, 5) is 3.48. The second kappa shape index (κ2) is 5.46. The van der Waals surface area contributed by atoms with E-state index in [1.807, 2.05) is 12.1 Å². The number of likely N-dealkylation sites (tertiary alicyclic amines) is 1. The molecule has 2 aliphatic rings. The van der Waals surface area contributed by atoms with Crippen LogP contribution in [0.5, 0.6) is 0 Å². The Balaban J connectivity index is 1.47. The number of fused-ring (bicyclic) bond motifs is 1. The molecule has 2 aromatic rings. The van der Waals surface area contributed by atoms with Crippen LogP contribution in [0.3, 0.4) is 0 Å². The normalized spacial score (nSPS) is 29.1. The summed E-state index contributed by atoms with van der Waals surface area (Å²) in [5.74, 6) is 2.88. The number of hydrogen-bond acceptors (Lipinski definition) is 6. The third-order valence-corrected chi connectivity index (χ3v) is 6.26. The molecule has 4 heterocycles. The van der Waals surface area contributed by atoms with Gasteiger partial charge in [-0.2, -0.15) is 0 Å². The minimum Gasteiger partial charge on any atom is -0.419 e. The van der Waals surface area contributed by atoms with Crippen LogP contribution in [0.2, 0.25) is 0 Å². The third-order valence-electron chi connectivity index (χ3n) is 4.65. The summed E-state index contributed by atoms with van der Waals surface area (Å²) in [6, 6.07) is 4.58. The van der Waals surface area contributed by atoms with Crippen LogP contribution in [0.4, 0.5) is 0 Å². The summed E-state index contributed by atoms with van der Waals surface area (Å²) in [7, 11) is 0. The molecule has 1 N–H and O–H groups in total. The standard InChI is InChI=1S/C14H17BrN4OS/c1-8-10-5-16-4-9(10)6-19(8)7-13-17-18-14(20-13)11-2-3-12(15)21-11/h2-3,8-10,16H,4-7H2,1H3. The molecule has 0 radical (unpaired) electrons. The summed E-state index contributed by atoms with van der Waals surface area (Å²) >= 11 is 5.07. The third kappa shape index (κ3) is 2.56. The van der Waals surface area contributed by atoms with Gasteiger partial charge in [-0.3, -0.25) is 4.90 Å². The van der Waals surface area contributed by atoms with Crippen molar-refractivity contribution in [2.75, 3.05) is 19.6 Å². The van der Waals surface area contributed by atoms with Gasteiger partial charge in [0.25, 0.3) is 5.89 Å². The highest BCUT2D eigenvalue weighted by Gasteiger charge is 2.42. The first-order valence-electron chi connectivity index (χ1n) is 7.23. The quantitative estimate of drug-likeness (QED) is 0.902. The van der Waals surface area contributed by atoms with E-state index >= 15 is 0 Å². The van der Waals surface area contributed by atoms with Crippen molar-refractivity contribution in [3.63, 3.8) is 0 Å². The number of nitrogens with zero attached hydrogens (tertiary/aromatic N) is 3. The number of hydrogen-bond donors (Lipinski definition) is 1. The van der Waals surface area contributed by atoms with Crippen LogP contribution in [0.15, 0.2) is 20.3 Å². The molecule has 3 atom stereocenters. The Labute approximate surface area is 135 Å². The van der Waals surface area contributed by atoms with E-state index in [1.165, 1.54) is 0 Å². The highest BCUT2D eigenvalue weighted by molar-refractivity contribution is 9.11. The molecule has 2 aromatic heterocycles. The second-order valence-corrected chi connectivity index (χ2v) is 8.32. The van der Waals surface area contributed by atoms with E-state index in [0.29, 0.717) is 17.8 Å². The van der Waals surface area contributed by atoms with Crippen molar-refractivity contribution in [3.8, 4) is 10.8 Å². The molecule has 2 saturated heterocycles. The van der Waals surface area contributed by atoms with Crippen LogP contribution in [0.1, 0.15) is 12.8 Å². The van der Waals surface area contributed by atoms with Crippen LogP contribution in [0, 0.1) is 11.8 Å². The Morgan fingerprint density at radius 3 is 3.10 bits per heavy atom. The summed E-state index contributed by atoms with van der Waals surface area (Å²) in [5, 5.41) is 11.9. The molecule has 2 fully saturated rings. The van der Waals surface area contributed by atoms with Gasteiger partial charge in [-0.15, -0.1) is 21.5 Å². The predicted molar refractivity (Wildman–Crippen MR) is 85.0 cm³/mol. The first-order valence-corrected chi connectivity index (χ1v) is 8.84. The van der Waals surface area contributed by atoms with Crippen LogP contribution < -0.4 is 5.32 Å². The number of nitrogens with one attached hydrogen (secondary N) is 1. The fourth-order valence-corrected chi connectivity index (χ4v) is 4.79. The van der Waals surface area contributed by atoms with Crippen molar-refractivity contribution in [3.05, 3.63) is 21.8 Å². The lowest BCUT2D eigenvalue weighted by Crippen LogP contribution is -2.32. The molecule has 0 amide bonds. The molecule has 4 rings (SSSR count). The Bertz CT molecular complexity index is 642. The van der Waals surface area contributed by atoms with Gasteiger partial charge in [-0.1, -0.05) is 0 Å². The lowest BCUT2D eigenvalue weighted by Gasteiger charge is -2.22. The maximum Gasteiger partial charge on any atom is 0.257 e. The Morgan fingerprint density at radius 1 is 1.43 bits per heavy atom. The van der Waals surface area contributed by atoms with Gasteiger partial charge in [-0.25, -0.2) is 0 Å². The Hall–Kier alpha value is -0.760. The first-order chi connectivity index (χ1) is 10.2. The smallest absolute Gasteiger partial charge is 0.257 e. The SMILES string of the molecule is CC1C2CNCC2CN1Cc1nnc(-c2ccc(Br)s2)o1. The van der Waals surface area contributed by atoms with Crippen molar-refractivity contribution in [2.24, 2.45) is 11.8 Å². The zero-order chi connectivity index (χ0) is 14.4. The highest BCUT2D eigenvalue weighted by Crippen LogP contribution is 2.34. The average Bonchev–Trinajstić information content (AvgIpc) is 3.19. The van der Waals surface area contributed by atoms with Crippen LogP contribution >= 0.6 is 27.3 Å².